The van der Waals surface area contributed by atoms with E-state index in [-0.39, 0.29) is 0 Å². The van der Waals surface area contributed by atoms with Crippen LogP contribution in [0.5, 0.6) is 0 Å². The fraction of sp³-hybridized carbons (Fsp3) is 0. The summed E-state index contributed by atoms with van der Waals surface area (Å²) >= 11 is 7.43. The van der Waals surface area contributed by atoms with Crippen LogP contribution in [0.15, 0.2) is 23.6 Å². The second kappa shape index (κ2) is 2.26. The van der Waals surface area contributed by atoms with Crippen LogP contribution < -0.4 is 0 Å². The fourth-order valence-corrected chi connectivity index (χ4v) is 1.87. The molecule has 0 fully saturated rings. The molecule has 2 heteroatoms. The van der Waals surface area contributed by atoms with Crippen LogP contribution in [0.4, 0.5) is 0 Å². The van der Waals surface area contributed by atoms with Gasteiger partial charge in [-0.2, -0.15) is 0 Å². The lowest BCUT2D eigenvalue weighted by atomic mass is 10.3. The molecule has 49 valence electrons. The Hall–Kier alpha value is -0.530. The van der Waals surface area contributed by atoms with Gasteiger partial charge in [0.25, 0.3) is 0 Å². The summed E-state index contributed by atoms with van der Waals surface area (Å²) in [5.41, 5.74) is 0. The lowest BCUT2D eigenvalue weighted by Gasteiger charge is -1.87. The molecule has 1 aromatic carbocycles. The molecule has 0 unspecified atom stereocenters. The Labute approximate surface area is 68.1 Å². The molecule has 2 rings (SSSR count). The van der Waals surface area contributed by atoms with Crippen LogP contribution in [0.1, 0.15) is 0 Å². The molecule has 0 aliphatic heterocycles. The van der Waals surface area contributed by atoms with Gasteiger partial charge in [0.15, 0.2) is 0 Å². The minimum Gasteiger partial charge on any atom is -0.143 e. The first-order valence-corrected chi connectivity index (χ1v) is 4.16. The minimum absolute atomic E-state index is 0.795. The van der Waals surface area contributed by atoms with Crippen molar-refractivity contribution in [3.05, 3.63) is 34.7 Å². The smallest absolute Gasteiger partial charge is 0.0420 e. The van der Waals surface area contributed by atoms with Crippen LogP contribution >= 0.6 is 22.9 Å². The number of thiophene rings is 1. The van der Waals surface area contributed by atoms with E-state index in [0.29, 0.717) is 0 Å². The quantitative estimate of drug-likeness (QED) is 0.565. The molecule has 10 heavy (non-hydrogen) atoms. The third kappa shape index (κ3) is 0.917. The highest BCUT2D eigenvalue weighted by atomic mass is 35.5. The molecule has 0 nitrogen and oxygen atoms in total. The lowest BCUT2D eigenvalue weighted by molar-refractivity contribution is 1.84. The summed E-state index contributed by atoms with van der Waals surface area (Å²) in [5.74, 6) is 0. The van der Waals surface area contributed by atoms with Crippen LogP contribution in [0, 0.1) is 6.07 Å². The van der Waals surface area contributed by atoms with Crippen molar-refractivity contribution in [1.29, 1.82) is 0 Å². The Balaban J connectivity index is 2.86. The van der Waals surface area contributed by atoms with Crippen molar-refractivity contribution in [2.24, 2.45) is 0 Å². The maximum atomic E-state index is 5.77. The summed E-state index contributed by atoms with van der Waals surface area (Å²) < 4.78 is 1.20. The van der Waals surface area contributed by atoms with Gasteiger partial charge in [0.1, 0.15) is 0 Å². The summed E-state index contributed by atoms with van der Waals surface area (Å²) in [7, 11) is 0. The summed E-state index contributed by atoms with van der Waals surface area (Å²) in [6.07, 6.45) is 0. The topological polar surface area (TPSA) is 0 Å². The summed E-state index contributed by atoms with van der Waals surface area (Å²) in [5, 5.41) is 3.89. The largest absolute Gasteiger partial charge is 0.143 e. The van der Waals surface area contributed by atoms with E-state index in [4.69, 9.17) is 11.6 Å². The molecule has 1 heterocycles. The van der Waals surface area contributed by atoms with E-state index in [1.165, 1.54) is 4.70 Å². The molecule has 0 aliphatic carbocycles. The second-order valence-corrected chi connectivity index (χ2v) is 3.37. The zero-order valence-electron chi connectivity index (χ0n) is 5.10. The van der Waals surface area contributed by atoms with Crippen LogP contribution in [-0.2, 0) is 0 Å². The highest BCUT2D eigenvalue weighted by Crippen LogP contribution is 2.23. The van der Waals surface area contributed by atoms with E-state index in [0.717, 1.165) is 10.4 Å². The standard InChI is InChI=1S/C8H4ClS/c9-7-2-1-6-3-4-10-8(6)5-7/h1-2,4-5H. The van der Waals surface area contributed by atoms with Gasteiger partial charge in [0.2, 0.25) is 0 Å². The molecular weight excluding hydrogens is 164 g/mol. The van der Waals surface area contributed by atoms with Gasteiger partial charge < -0.3 is 0 Å². The van der Waals surface area contributed by atoms with Crippen molar-refractivity contribution in [2.75, 3.05) is 0 Å². The van der Waals surface area contributed by atoms with Gasteiger partial charge in [-0.3, -0.25) is 0 Å². The Morgan fingerprint density at radius 1 is 1.40 bits per heavy atom. The average Bonchev–Trinajstić information content (AvgIpc) is 2.33. The first kappa shape index (κ1) is 6.20. The zero-order valence-corrected chi connectivity index (χ0v) is 6.67. The average molecular weight is 168 g/mol. The number of halogens is 1. The number of fused-ring (bicyclic) bond motifs is 1. The van der Waals surface area contributed by atoms with Crippen molar-refractivity contribution in [3.8, 4) is 0 Å². The third-order valence-corrected chi connectivity index (χ3v) is 2.41. The molecule has 0 amide bonds. The highest BCUT2D eigenvalue weighted by molar-refractivity contribution is 7.17. The van der Waals surface area contributed by atoms with Gasteiger partial charge in [-0.1, -0.05) is 17.7 Å². The number of hydrogen-bond acceptors (Lipinski definition) is 1. The molecule has 0 N–H and O–H groups in total. The predicted molar refractivity (Wildman–Crippen MR) is 45.7 cm³/mol. The van der Waals surface area contributed by atoms with Crippen molar-refractivity contribution >= 4 is 33.0 Å². The Morgan fingerprint density at radius 3 is 3.20 bits per heavy atom. The van der Waals surface area contributed by atoms with Gasteiger partial charge in [0.05, 0.1) is 0 Å². The molecule has 0 saturated carbocycles. The van der Waals surface area contributed by atoms with E-state index in [2.05, 4.69) is 6.07 Å². The third-order valence-electron chi connectivity index (χ3n) is 1.34. The van der Waals surface area contributed by atoms with Gasteiger partial charge in [-0.15, -0.1) is 11.3 Å². The van der Waals surface area contributed by atoms with E-state index < -0.39 is 0 Å². The first-order valence-electron chi connectivity index (χ1n) is 2.91. The summed E-state index contributed by atoms with van der Waals surface area (Å²) in [6.45, 7) is 0. The molecule has 0 aliphatic rings. The van der Waals surface area contributed by atoms with Gasteiger partial charge >= 0.3 is 0 Å². The highest BCUT2D eigenvalue weighted by Gasteiger charge is 1.93. The molecule has 0 atom stereocenters. The summed E-state index contributed by atoms with van der Waals surface area (Å²) in [6, 6.07) is 8.93. The van der Waals surface area contributed by atoms with Crippen LogP contribution in [0.25, 0.3) is 10.1 Å². The van der Waals surface area contributed by atoms with E-state index in [9.17, 15) is 0 Å². The van der Waals surface area contributed by atoms with Crippen LogP contribution in [0.2, 0.25) is 5.02 Å². The number of hydrogen-bond donors (Lipinski definition) is 0. The number of rotatable bonds is 0. The van der Waals surface area contributed by atoms with Gasteiger partial charge in [-0.25, -0.2) is 0 Å². The van der Waals surface area contributed by atoms with E-state index in [1.807, 2.05) is 23.6 Å². The molecule has 0 spiro atoms. The molecule has 2 aromatic rings. The maximum absolute atomic E-state index is 5.77. The van der Waals surface area contributed by atoms with Crippen LogP contribution in [-0.4, -0.2) is 0 Å². The van der Waals surface area contributed by atoms with E-state index >= 15 is 0 Å². The molecule has 0 saturated heterocycles. The normalized spacial score (nSPS) is 10.5. The second-order valence-electron chi connectivity index (χ2n) is 2.02. The molecular formula is C8H4ClS. The number of benzene rings is 1. The monoisotopic (exact) mass is 167 g/mol. The zero-order chi connectivity index (χ0) is 6.97. The fourth-order valence-electron chi connectivity index (χ4n) is 0.869. The van der Waals surface area contributed by atoms with Crippen molar-refractivity contribution in [2.45, 2.75) is 0 Å². The van der Waals surface area contributed by atoms with Crippen molar-refractivity contribution in [1.82, 2.24) is 0 Å². The van der Waals surface area contributed by atoms with Gasteiger partial charge in [-0.05, 0) is 17.5 Å². The molecule has 0 bridgehead atoms. The molecule has 1 aromatic heterocycles. The van der Waals surface area contributed by atoms with Gasteiger partial charge in [0, 0.05) is 21.2 Å². The Bertz CT molecular complexity index is 351. The van der Waals surface area contributed by atoms with E-state index in [1.54, 1.807) is 11.3 Å². The van der Waals surface area contributed by atoms with Crippen molar-refractivity contribution < 1.29 is 0 Å². The van der Waals surface area contributed by atoms with Crippen molar-refractivity contribution in [3.63, 3.8) is 0 Å². The Kier molecular flexibility index (Phi) is 1.40. The SMILES string of the molecule is Clc1ccc2[c]csc2c1. The predicted octanol–water partition coefficient (Wildman–Crippen LogP) is 3.35. The Morgan fingerprint density at radius 2 is 2.30 bits per heavy atom. The first-order chi connectivity index (χ1) is 4.86. The molecule has 1 radical (unpaired) electrons. The maximum Gasteiger partial charge on any atom is 0.0420 e. The lowest BCUT2D eigenvalue weighted by Crippen LogP contribution is -1.61. The summed E-state index contributed by atoms with van der Waals surface area (Å²) in [4.78, 5) is 0. The van der Waals surface area contributed by atoms with Crippen LogP contribution in [0.3, 0.4) is 0 Å². The minimum atomic E-state index is 0.795.